The van der Waals surface area contributed by atoms with Crippen molar-refractivity contribution in [1.29, 1.82) is 0 Å². The Balaban J connectivity index is 2.29. The van der Waals surface area contributed by atoms with Gasteiger partial charge in [-0.1, -0.05) is 76.6 Å². The van der Waals surface area contributed by atoms with Crippen molar-refractivity contribution < 1.29 is 0 Å². The maximum absolute atomic E-state index is 6.26. The number of unbranched alkanes of at least 4 members (excludes halogenated alkanes) is 5. The zero-order chi connectivity index (χ0) is 13.9. The third kappa shape index (κ3) is 6.77. The molecule has 0 bridgehead atoms. The average molecular weight is 261 g/mol. The molecule has 1 unspecified atom stereocenters. The fourth-order valence-electron chi connectivity index (χ4n) is 2.45. The molecule has 0 spiro atoms. The maximum Gasteiger partial charge on any atom is 0.0294 e. The van der Waals surface area contributed by atoms with Crippen molar-refractivity contribution in [2.24, 2.45) is 5.73 Å². The Morgan fingerprint density at radius 2 is 1.47 bits per heavy atom. The molecule has 0 aromatic heterocycles. The summed E-state index contributed by atoms with van der Waals surface area (Å²) < 4.78 is 0. The Morgan fingerprint density at radius 1 is 0.842 bits per heavy atom. The fraction of sp³-hybridized carbons (Fsp3) is 0.667. The smallest absolute Gasteiger partial charge is 0.0294 e. The summed E-state index contributed by atoms with van der Waals surface area (Å²) in [6.07, 6.45) is 11.5. The van der Waals surface area contributed by atoms with Crippen LogP contribution in [0.1, 0.15) is 82.4 Å². The highest BCUT2D eigenvalue weighted by Gasteiger charge is 2.05. The van der Waals surface area contributed by atoms with Crippen LogP contribution in [0.4, 0.5) is 0 Å². The van der Waals surface area contributed by atoms with Gasteiger partial charge in [-0.05, 0) is 30.4 Å². The number of hydrogen-bond acceptors (Lipinski definition) is 1. The van der Waals surface area contributed by atoms with E-state index in [1.165, 1.54) is 62.5 Å². The predicted molar refractivity (Wildman–Crippen MR) is 85.4 cm³/mol. The van der Waals surface area contributed by atoms with Crippen LogP contribution in [0.5, 0.6) is 0 Å². The molecule has 0 saturated heterocycles. The number of hydrogen-bond donors (Lipinski definition) is 1. The number of benzene rings is 1. The number of nitrogens with two attached hydrogens (primary N) is 1. The van der Waals surface area contributed by atoms with Gasteiger partial charge in [0.1, 0.15) is 0 Å². The van der Waals surface area contributed by atoms with Crippen molar-refractivity contribution in [3.8, 4) is 0 Å². The second kappa shape index (κ2) is 10.0. The quantitative estimate of drug-likeness (QED) is 0.561. The normalized spacial score (nSPS) is 12.6. The van der Waals surface area contributed by atoms with Gasteiger partial charge in [0, 0.05) is 6.04 Å². The molecule has 0 amide bonds. The van der Waals surface area contributed by atoms with Crippen molar-refractivity contribution in [2.75, 3.05) is 0 Å². The third-order valence-electron chi connectivity index (χ3n) is 3.85. The van der Waals surface area contributed by atoms with E-state index in [1.54, 1.807) is 0 Å². The molecule has 1 heteroatoms. The van der Waals surface area contributed by atoms with E-state index >= 15 is 0 Å². The fourth-order valence-corrected chi connectivity index (χ4v) is 2.45. The first kappa shape index (κ1) is 16.2. The molecule has 0 saturated carbocycles. The molecule has 0 heterocycles. The predicted octanol–water partition coefficient (Wildman–Crippen LogP) is 5.39. The van der Waals surface area contributed by atoms with Crippen molar-refractivity contribution >= 4 is 0 Å². The zero-order valence-corrected chi connectivity index (χ0v) is 12.8. The molecule has 0 aliphatic rings. The molecule has 1 nitrogen and oxygen atoms in total. The number of rotatable bonds is 10. The molecule has 0 aliphatic carbocycles. The van der Waals surface area contributed by atoms with Gasteiger partial charge in [0.2, 0.25) is 0 Å². The second-order valence-electron chi connectivity index (χ2n) is 5.65. The summed E-state index contributed by atoms with van der Waals surface area (Å²) in [6, 6.07) is 9.18. The molecule has 19 heavy (non-hydrogen) atoms. The lowest BCUT2D eigenvalue weighted by Crippen LogP contribution is -2.10. The van der Waals surface area contributed by atoms with Gasteiger partial charge in [-0.2, -0.15) is 0 Å². The van der Waals surface area contributed by atoms with Gasteiger partial charge in [0.15, 0.2) is 0 Å². The van der Waals surface area contributed by atoms with Gasteiger partial charge >= 0.3 is 0 Å². The minimum atomic E-state index is 0.224. The Morgan fingerprint density at radius 3 is 2.11 bits per heavy atom. The summed E-state index contributed by atoms with van der Waals surface area (Å²) in [5.41, 5.74) is 9.01. The maximum atomic E-state index is 6.26. The van der Waals surface area contributed by atoms with E-state index in [9.17, 15) is 0 Å². The lowest BCUT2D eigenvalue weighted by Gasteiger charge is -2.12. The summed E-state index contributed by atoms with van der Waals surface area (Å²) in [4.78, 5) is 0. The Hall–Kier alpha value is -0.820. The van der Waals surface area contributed by atoms with Crippen molar-refractivity contribution in [3.63, 3.8) is 0 Å². The lowest BCUT2D eigenvalue weighted by molar-refractivity contribution is 0.555. The second-order valence-corrected chi connectivity index (χ2v) is 5.65. The van der Waals surface area contributed by atoms with Gasteiger partial charge < -0.3 is 5.73 Å². The minimum absolute atomic E-state index is 0.224. The topological polar surface area (TPSA) is 26.0 Å². The summed E-state index contributed by atoms with van der Waals surface area (Å²) in [7, 11) is 0. The Labute approximate surface area is 119 Å². The van der Waals surface area contributed by atoms with E-state index in [-0.39, 0.29) is 6.04 Å². The van der Waals surface area contributed by atoms with Crippen LogP contribution in [-0.4, -0.2) is 0 Å². The van der Waals surface area contributed by atoms with E-state index in [2.05, 4.69) is 38.1 Å². The molecular formula is C18H31N. The van der Waals surface area contributed by atoms with Crippen LogP contribution in [0.15, 0.2) is 24.3 Å². The summed E-state index contributed by atoms with van der Waals surface area (Å²) in [5, 5.41) is 0. The molecule has 0 radical (unpaired) electrons. The molecule has 108 valence electrons. The molecule has 1 aromatic rings. The Bertz CT molecular complexity index is 315. The molecule has 1 aromatic carbocycles. The SMILES string of the molecule is CCCCCCCC(N)c1ccc(CCCC)cc1. The lowest BCUT2D eigenvalue weighted by atomic mass is 9.98. The molecule has 1 rings (SSSR count). The average Bonchev–Trinajstić information content (AvgIpc) is 2.45. The molecule has 0 aliphatic heterocycles. The highest BCUT2D eigenvalue weighted by Crippen LogP contribution is 2.19. The van der Waals surface area contributed by atoms with Crippen LogP contribution in [0.2, 0.25) is 0 Å². The van der Waals surface area contributed by atoms with E-state index < -0.39 is 0 Å². The van der Waals surface area contributed by atoms with Crippen LogP contribution in [0.3, 0.4) is 0 Å². The van der Waals surface area contributed by atoms with E-state index in [0.717, 1.165) is 6.42 Å². The largest absolute Gasteiger partial charge is 0.324 e. The van der Waals surface area contributed by atoms with Gasteiger partial charge in [-0.15, -0.1) is 0 Å². The van der Waals surface area contributed by atoms with Crippen molar-refractivity contribution in [1.82, 2.24) is 0 Å². The highest BCUT2D eigenvalue weighted by molar-refractivity contribution is 5.24. The van der Waals surface area contributed by atoms with Crippen LogP contribution in [-0.2, 0) is 6.42 Å². The first-order valence-electron chi connectivity index (χ1n) is 8.12. The summed E-state index contributed by atoms with van der Waals surface area (Å²) >= 11 is 0. The third-order valence-corrected chi connectivity index (χ3v) is 3.85. The van der Waals surface area contributed by atoms with E-state index in [0.29, 0.717) is 0 Å². The molecule has 0 fully saturated rings. The first-order valence-corrected chi connectivity index (χ1v) is 8.12. The summed E-state index contributed by atoms with van der Waals surface area (Å²) in [6.45, 7) is 4.49. The van der Waals surface area contributed by atoms with E-state index in [1.807, 2.05) is 0 Å². The van der Waals surface area contributed by atoms with Crippen LogP contribution >= 0.6 is 0 Å². The minimum Gasteiger partial charge on any atom is -0.324 e. The van der Waals surface area contributed by atoms with Gasteiger partial charge in [-0.3, -0.25) is 0 Å². The zero-order valence-electron chi connectivity index (χ0n) is 12.8. The van der Waals surface area contributed by atoms with E-state index in [4.69, 9.17) is 5.73 Å². The molecule has 1 atom stereocenters. The molecular weight excluding hydrogens is 230 g/mol. The van der Waals surface area contributed by atoms with Crippen LogP contribution in [0, 0.1) is 0 Å². The highest BCUT2D eigenvalue weighted by atomic mass is 14.6. The van der Waals surface area contributed by atoms with Crippen LogP contribution in [0.25, 0.3) is 0 Å². The number of aryl methyl sites for hydroxylation is 1. The van der Waals surface area contributed by atoms with Crippen molar-refractivity contribution in [2.45, 2.75) is 77.7 Å². The molecule has 2 N–H and O–H groups in total. The standard InChI is InChI=1S/C18H31N/c1-3-5-7-8-9-11-18(19)17-14-12-16(13-15-17)10-6-4-2/h12-15,18H,3-11,19H2,1-2H3. The first-order chi connectivity index (χ1) is 9.27. The van der Waals surface area contributed by atoms with Crippen LogP contribution < -0.4 is 5.73 Å². The van der Waals surface area contributed by atoms with Crippen molar-refractivity contribution in [3.05, 3.63) is 35.4 Å². The van der Waals surface area contributed by atoms with Gasteiger partial charge in [0.05, 0.1) is 0 Å². The Kier molecular flexibility index (Phi) is 8.57. The summed E-state index contributed by atoms with van der Waals surface area (Å²) in [5.74, 6) is 0. The van der Waals surface area contributed by atoms with Gasteiger partial charge in [-0.25, -0.2) is 0 Å². The monoisotopic (exact) mass is 261 g/mol. The van der Waals surface area contributed by atoms with Gasteiger partial charge in [0.25, 0.3) is 0 Å².